The van der Waals surface area contributed by atoms with Gasteiger partial charge in [-0.25, -0.2) is 4.98 Å². The fourth-order valence-corrected chi connectivity index (χ4v) is 2.14. The van der Waals surface area contributed by atoms with Crippen molar-refractivity contribution in [3.8, 4) is 0 Å². The summed E-state index contributed by atoms with van der Waals surface area (Å²) in [5.74, 6) is -0.233. The number of methoxy groups -OCH3 is 1. The second-order valence-electron chi connectivity index (χ2n) is 3.60. The Morgan fingerprint density at radius 2 is 2.37 bits per heavy atom. The first-order valence-corrected chi connectivity index (χ1v) is 6.02. The van der Waals surface area contributed by atoms with E-state index < -0.39 is 6.04 Å². The summed E-state index contributed by atoms with van der Waals surface area (Å²) in [4.78, 5) is 16.8. The molecule has 108 valence electrons. The minimum absolute atomic E-state index is 0. The van der Waals surface area contributed by atoms with Crippen LogP contribution >= 0.6 is 36.2 Å². The molecule has 2 heterocycles. The molecule has 0 saturated heterocycles. The number of hydrogen-bond acceptors (Lipinski definition) is 5. The van der Waals surface area contributed by atoms with Crippen molar-refractivity contribution in [2.24, 2.45) is 5.73 Å². The maximum Gasteiger partial charge on any atom is 0.239 e. The lowest BCUT2D eigenvalue weighted by molar-refractivity contribution is -0.123. The van der Waals surface area contributed by atoms with Gasteiger partial charge in [0, 0.05) is 24.9 Å². The smallest absolute Gasteiger partial charge is 0.239 e. The molecule has 0 bridgehead atoms. The van der Waals surface area contributed by atoms with E-state index in [0.29, 0.717) is 6.54 Å². The number of carbonyl (C=O) groups excluding carboxylic acids is 1. The molecule has 0 aromatic carbocycles. The number of carbonyl (C=O) groups is 1. The van der Waals surface area contributed by atoms with Gasteiger partial charge in [0.1, 0.15) is 6.04 Å². The number of nitrogens with zero attached hydrogens (tertiary/aromatic N) is 2. The molecule has 2 rings (SSSR count). The van der Waals surface area contributed by atoms with Gasteiger partial charge in [0.05, 0.1) is 18.8 Å². The highest BCUT2D eigenvalue weighted by atomic mass is 35.5. The van der Waals surface area contributed by atoms with E-state index in [4.69, 9.17) is 10.5 Å². The van der Waals surface area contributed by atoms with Crippen molar-refractivity contribution < 1.29 is 9.53 Å². The van der Waals surface area contributed by atoms with E-state index in [2.05, 4.69) is 10.3 Å². The van der Waals surface area contributed by atoms with Crippen LogP contribution in [0.1, 0.15) is 5.69 Å². The number of ether oxygens (including phenoxy) is 1. The van der Waals surface area contributed by atoms with Crippen LogP contribution in [0, 0.1) is 0 Å². The van der Waals surface area contributed by atoms with Gasteiger partial charge in [-0.1, -0.05) is 0 Å². The van der Waals surface area contributed by atoms with E-state index in [1.807, 2.05) is 22.2 Å². The number of imidazole rings is 1. The molecule has 9 heteroatoms. The van der Waals surface area contributed by atoms with Crippen LogP contribution in [-0.4, -0.2) is 35.1 Å². The molecule has 1 atom stereocenters. The van der Waals surface area contributed by atoms with Crippen LogP contribution in [0.15, 0.2) is 17.8 Å². The predicted octanol–water partition coefficient (Wildman–Crippen LogP) is 0.829. The van der Waals surface area contributed by atoms with Crippen LogP contribution in [-0.2, 0) is 16.1 Å². The number of halogens is 2. The quantitative estimate of drug-likeness (QED) is 0.852. The van der Waals surface area contributed by atoms with E-state index >= 15 is 0 Å². The normalized spacial score (nSPS) is 11.5. The summed E-state index contributed by atoms with van der Waals surface area (Å²) in [7, 11) is 1.51. The highest BCUT2D eigenvalue weighted by Gasteiger charge is 2.13. The largest absolute Gasteiger partial charge is 0.383 e. The zero-order valence-corrected chi connectivity index (χ0v) is 12.7. The Morgan fingerprint density at radius 3 is 3.00 bits per heavy atom. The Labute approximate surface area is 127 Å². The fraction of sp³-hybridized carbons (Fsp3) is 0.400. The molecular formula is C10H16Cl2N4O2S. The molecule has 0 fully saturated rings. The standard InChI is InChI=1S/C10H14N4O2S.2ClH/c1-16-6-8(11)9(15)12-4-7-5-14-2-3-17-10(14)13-7;;/h2-3,5,8H,4,6,11H2,1H3,(H,12,15);2*1H. The number of amides is 1. The lowest BCUT2D eigenvalue weighted by Gasteiger charge is -2.09. The Hall–Kier alpha value is -0.860. The molecule has 0 spiro atoms. The molecule has 2 aromatic rings. The number of hydrogen-bond donors (Lipinski definition) is 2. The van der Waals surface area contributed by atoms with Crippen LogP contribution in [0.3, 0.4) is 0 Å². The Bertz CT molecular complexity index is 488. The van der Waals surface area contributed by atoms with Crippen LogP contribution < -0.4 is 11.1 Å². The van der Waals surface area contributed by atoms with Gasteiger partial charge < -0.3 is 15.8 Å². The van der Waals surface area contributed by atoms with Crippen LogP contribution in [0.4, 0.5) is 0 Å². The third-order valence-corrected chi connectivity index (χ3v) is 3.04. The molecule has 3 N–H and O–H groups in total. The monoisotopic (exact) mass is 326 g/mol. The van der Waals surface area contributed by atoms with E-state index in [-0.39, 0.29) is 37.3 Å². The predicted molar refractivity (Wildman–Crippen MR) is 79.3 cm³/mol. The molecule has 1 unspecified atom stereocenters. The van der Waals surface area contributed by atoms with Gasteiger partial charge in [0.2, 0.25) is 5.91 Å². The summed E-state index contributed by atoms with van der Waals surface area (Å²) in [5.41, 5.74) is 6.40. The molecule has 19 heavy (non-hydrogen) atoms. The third-order valence-electron chi connectivity index (χ3n) is 2.27. The first-order chi connectivity index (χ1) is 8.20. The molecule has 0 radical (unpaired) electrons. The molecule has 0 aliphatic heterocycles. The number of aromatic nitrogens is 2. The minimum Gasteiger partial charge on any atom is -0.383 e. The van der Waals surface area contributed by atoms with Gasteiger partial charge in [-0.15, -0.1) is 36.2 Å². The maximum atomic E-state index is 11.5. The van der Waals surface area contributed by atoms with Crippen molar-refractivity contribution in [3.63, 3.8) is 0 Å². The summed E-state index contributed by atoms with van der Waals surface area (Å²) in [6.45, 7) is 0.592. The van der Waals surface area contributed by atoms with Crippen molar-refractivity contribution in [3.05, 3.63) is 23.5 Å². The van der Waals surface area contributed by atoms with Crippen molar-refractivity contribution in [1.82, 2.24) is 14.7 Å². The Balaban J connectivity index is 0.00000162. The Morgan fingerprint density at radius 1 is 1.63 bits per heavy atom. The number of rotatable bonds is 5. The van der Waals surface area contributed by atoms with Gasteiger partial charge in [-0.2, -0.15) is 0 Å². The molecule has 6 nitrogen and oxygen atoms in total. The molecule has 1 amide bonds. The van der Waals surface area contributed by atoms with Crippen LogP contribution in [0.2, 0.25) is 0 Å². The summed E-state index contributed by atoms with van der Waals surface area (Å²) in [5, 5.41) is 4.68. The summed E-state index contributed by atoms with van der Waals surface area (Å²) in [6, 6.07) is -0.635. The number of nitrogens with one attached hydrogen (secondary N) is 1. The van der Waals surface area contributed by atoms with Crippen LogP contribution in [0.25, 0.3) is 4.96 Å². The molecule has 0 aliphatic carbocycles. The van der Waals surface area contributed by atoms with Crippen molar-refractivity contribution in [2.75, 3.05) is 13.7 Å². The third kappa shape index (κ3) is 4.63. The van der Waals surface area contributed by atoms with Crippen LogP contribution in [0.5, 0.6) is 0 Å². The molecule has 2 aromatic heterocycles. The van der Waals surface area contributed by atoms with Gasteiger partial charge in [-0.3, -0.25) is 9.20 Å². The second-order valence-corrected chi connectivity index (χ2v) is 4.48. The number of nitrogens with two attached hydrogens (primary N) is 1. The first kappa shape index (κ1) is 18.1. The average molecular weight is 327 g/mol. The van der Waals surface area contributed by atoms with Crippen molar-refractivity contribution >= 4 is 47.0 Å². The Kier molecular flexibility index (Phi) is 7.96. The molecule has 0 aliphatic rings. The molecular weight excluding hydrogens is 311 g/mol. The highest BCUT2D eigenvalue weighted by molar-refractivity contribution is 7.15. The van der Waals surface area contributed by atoms with E-state index in [9.17, 15) is 4.79 Å². The zero-order valence-electron chi connectivity index (χ0n) is 10.2. The first-order valence-electron chi connectivity index (χ1n) is 5.14. The maximum absolute atomic E-state index is 11.5. The van der Waals surface area contributed by atoms with Crippen molar-refractivity contribution in [1.29, 1.82) is 0 Å². The topological polar surface area (TPSA) is 81.6 Å². The summed E-state index contributed by atoms with van der Waals surface area (Å²) < 4.78 is 6.73. The van der Waals surface area contributed by atoms with E-state index in [1.54, 1.807) is 11.3 Å². The lowest BCUT2D eigenvalue weighted by atomic mass is 10.3. The average Bonchev–Trinajstić information content (AvgIpc) is 2.86. The van der Waals surface area contributed by atoms with Gasteiger partial charge in [-0.05, 0) is 0 Å². The fourth-order valence-electron chi connectivity index (χ4n) is 1.43. The van der Waals surface area contributed by atoms with Gasteiger partial charge in [0.15, 0.2) is 4.96 Å². The SMILES string of the molecule is COCC(N)C(=O)NCc1cn2ccsc2n1.Cl.Cl. The van der Waals surface area contributed by atoms with Gasteiger partial charge in [0.25, 0.3) is 0 Å². The zero-order chi connectivity index (χ0) is 12.3. The summed E-state index contributed by atoms with van der Waals surface area (Å²) >= 11 is 1.55. The second kappa shape index (κ2) is 8.34. The lowest BCUT2D eigenvalue weighted by Crippen LogP contribution is -2.43. The van der Waals surface area contributed by atoms with E-state index in [1.165, 1.54) is 7.11 Å². The highest BCUT2D eigenvalue weighted by Crippen LogP contribution is 2.10. The van der Waals surface area contributed by atoms with E-state index in [0.717, 1.165) is 10.7 Å². The number of thiazole rings is 1. The minimum atomic E-state index is -0.635. The van der Waals surface area contributed by atoms with Gasteiger partial charge >= 0.3 is 0 Å². The molecule has 0 saturated carbocycles. The summed E-state index contributed by atoms with van der Waals surface area (Å²) in [6.07, 6.45) is 3.81. The number of fused-ring (bicyclic) bond motifs is 1. The van der Waals surface area contributed by atoms with Crippen molar-refractivity contribution in [2.45, 2.75) is 12.6 Å².